The van der Waals surface area contributed by atoms with E-state index in [-0.39, 0.29) is 4.51 Å². The highest BCUT2D eigenvalue weighted by atomic mass is 32.1. The normalized spacial score (nSPS) is 11.6. The van der Waals surface area contributed by atoms with Crippen LogP contribution in [0.2, 0.25) is 0 Å². The molecule has 0 fully saturated rings. The standard InChI is InChI=1S/C6H5F3N2S/c7-6(8,9)4-3(12)1-2-11-5(4)10/h1-2H,(H3,10,11,12). The van der Waals surface area contributed by atoms with Crippen molar-refractivity contribution in [3.8, 4) is 0 Å². The molecule has 2 nitrogen and oxygen atoms in total. The number of nitrogen functional groups attached to an aromatic ring is 1. The van der Waals surface area contributed by atoms with Crippen LogP contribution in [0.3, 0.4) is 0 Å². The van der Waals surface area contributed by atoms with Gasteiger partial charge in [-0.25, -0.2) is 0 Å². The van der Waals surface area contributed by atoms with Crippen LogP contribution in [0.25, 0.3) is 0 Å². The summed E-state index contributed by atoms with van der Waals surface area (Å²) < 4.78 is 36.1. The largest absolute Gasteiger partial charge is 0.421 e. The van der Waals surface area contributed by atoms with E-state index in [0.29, 0.717) is 0 Å². The molecule has 0 amide bonds. The van der Waals surface area contributed by atoms with Gasteiger partial charge in [-0.1, -0.05) is 12.2 Å². The van der Waals surface area contributed by atoms with Crippen molar-refractivity contribution in [2.24, 2.45) is 0 Å². The lowest BCUT2D eigenvalue weighted by molar-refractivity contribution is -0.137. The maximum atomic E-state index is 12.1. The topological polar surface area (TPSA) is 41.8 Å². The zero-order chi connectivity index (χ0) is 9.35. The number of H-pyrrole nitrogens is 1. The predicted molar refractivity (Wildman–Crippen MR) is 41.0 cm³/mol. The summed E-state index contributed by atoms with van der Waals surface area (Å²) in [5.74, 6) is -0.449. The lowest BCUT2D eigenvalue weighted by Crippen LogP contribution is -2.10. The monoisotopic (exact) mass is 194 g/mol. The molecule has 0 bridgehead atoms. The van der Waals surface area contributed by atoms with Gasteiger partial charge >= 0.3 is 6.18 Å². The van der Waals surface area contributed by atoms with E-state index in [1.807, 2.05) is 0 Å². The average Bonchev–Trinajstić information content (AvgIpc) is 1.82. The van der Waals surface area contributed by atoms with Gasteiger partial charge in [-0.15, -0.1) is 0 Å². The fourth-order valence-corrected chi connectivity index (χ4v) is 1.08. The van der Waals surface area contributed by atoms with Gasteiger partial charge in [0, 0.05) is 6.20 Å². The van der Waals surface area contributed by atoms with E-state index < -0.39 is 17.6 Å². The molecule has 0 aliphatic heterocycles. The average molecular weight is 194 g/mol. The van der Waals surface area contributed by atoms with Crippen LogP contribution >= 0.6 is 12.2 Å². The Morgan fingerprint density at radius 2 is 2.00 bits per heavy atom. The fraction of sp³-hybridized carbons (Fsp3) is 0.167. The molecule has 0 aliphatic rings. The molecule has 66 valence electrons. The minimum atomic E-state index is -4.49. The third-order valence-electron chi connectivity index (χ3n) is 1.27. The Balaban J connectivity index is 3.42. The molecular formula is C6H5F3N2S. The molecule has 0 aliphatic carbocycles. The summed E-state index contributed by atoms with van der Waals surface area (Å²) in [7, 11) is 0. The predicted octanol–water partition coefficient (Wildman–Crippen LogP) is 2.35. The Kier molecular flexibility index (Phi) is 2.10. The van der Waals surface area contributed by atoms with E-state index in [1.165, 1.54) is 6.20 Å². The molecule has 1 heterocycles. The minimum Gasteiger partial charge on any atom is -0.385 e. The number of alkyl halides is 3. The van der Waals surface area contributed by atoms with Crippen molar-refractivity contribution in [3.63, 3.8) is 0 Å². The number of pyridine rings is 1. The maximum Gasteiger partial charge on any atom is 0.421 e. The Labute approximate surface area is 71.2 Å². The minimum absolute atomic E-state index is 0.293. The van der Waals surface area contributed by atoms with Crippen molar-refractivity contribution in [1.82, 2.24) is 4.98 Å². The molecule has 6 heteroatoms. The summed E-state index contributed by atoms with van der Waals surface area (Å²) in [4.78, 5) is 2.24. The van der Waals surface area contributed by atoms with Crippen LogP contribution in [-0.4, -0.2) is 4.98 Å². The van der Waals surface area contributed by atoms with Crippen molar-refractivity contribution in [1.29, 1.82) is 0 Å². The molecule has 3 N–H and O–H groups in total. The molecule has 0 saturated heterocycles. The van der Waals surface area contributed by atoms with E-state index in [9.17, 15) is 13.2 Å². The van der Waals surface area contributed by atoms with Crippen molar-refractivity contribution >= 4 is 18.0 Å². The highest BCUT2D eigenvalue weighted by molar-refractivity contribution is 7.71. The number of nitrogens with one attached hydrogen (secondary N) is 1. The number of rotatable bonds is 0. The van der Waals surface area contributed by atoms with Gasteiger partial charge in [0.05, 0.1) is 4.51 Å². The van der Waals surface area contributed by atoms with Crippen molar-refractivity contribution < 1.29 is 13.2 Å². The quantitative estimate of drug-likeness (QED) is 0.622. The van der Waals surface area contributed by atoms with E-state index >= 15 is 0 Å². The van der Waals surface area contributed by atoms with Crippen LogP contribution in [0.5, 0.6) is 0 Å². The van der Waals surface area contributed by atoms with E-state index in [2.05, 4.69) is 17.2 Å². The van der Waals surface area contributed by atoms with Crippen LogP contribution in [-0.2, 0) is 6.18 Å². The number of hydrogen-bond acceptors (Lipinski definition) is 2. The molecule has 1 rings (SSSR count). The fourth-order valence-electron chi connectivity index (χ4n) is 0.788. The molecule has 12 heavy (non-hydrogen) atoms. The molecule has 1 aromatic heterocycles. The number of halogens is 3. The molecule has 0 saturated carbocycles. The third kappa shape index (κ3) is 1.58. The summed E-state index contributed by atoms with van der Waals surface area (Å²) in [6, 6.07) is 1.15. The van der Waals surface area contributed by atoms with E-state index in [0.717, 1.165) is 6.07 Å². The van der Waals surface area contributed by atoms with Gasteiger partial charge in [0.1, 0.15) is 11.4 Å². The van der Waals surface area contributed by atoms with E-state index in [4.69, 9.17) is 5.73 Å². The van der Waals surface area contributed by atoms with Gasteiger partial charge in [0.2, 0.25) is 0 Å². The van der Waals surface area contributed by atoms with Crippen molar-refractivity contribution in [2.45, 2.75) is 6.18 Å². The second-order valence-electron chi connectivity index (χ2n) is 2.13. The first-order valence-corrected chi connectivity index (χ1v) is 3.38. The van der Waals surface area contributed by atoms with Crippen LogP contribution < -0.4 is 5.73 Å². The summed E-state index contributed by atoms with van der Waals surface area (Å²) in [5.41, 5.74) is 4.09. The first-order valence-electron chi connectivity index (χ1n) is 2.97. The summed E-state index contributed by atoms with van der Waals surface area (Å²) in [6.07, 6.45) is -3.22. The third-order valence-corrected chi connectivity index (χ3v) is 1.61. The van der Waals surface area contributed by atoms with Crippen molar-refractivity contribution in [3.05, 3.63) is 22.3 Å². The Bertz CT molecular complexity index is 341. The Morgan fingerprint density at radius 3 is 2.33 bits per heavy atom. The zero-order valence-electron chi connectivity index (χ0n) is 5.77. The van der Waals surface area contributed by atoms with E-state index in [1.54, 1.807) is 0 Å². The zero-order valence-corrected chi connectivity index (χ0v) is 6.59. The molecule has 0 spiro atoms. The maximum absolute atomic E-state index is 12.1. The van der Waals surface area contributed by atoms with Crippen LogP contribution in [0, 0.1) is 4.51 Å². The highest BCUT2D eigenvalue weighted by Crippen LogP contribution is 2.32. The Morgan fingerprint density at radius 1 is 1.42 bits per heavy atom. The van der Waals surface area contributed by atoms with Gasteiger partial charge in [0.25, 0.3) is 0 Å². The Hall–Kier alpha value is -1.04. The molecule has 0 aromatic carbocycles. The second-order valence-corrected chi connectivity index (χ2v) is 2.57. The summed E-state index contributed by atoms with van der Waals surface area (Å²) in [6.45, 7) is 0. The first-order chi connectivity index (χ1) is 5.43. The molecule has 0 atom stereocenters. The number of hydrogen-bond donors (Lipinski definition) is 2. The van der Waals surface area contributed by atoms with Crippen LogP contribution in [0.4, 0.5) is 19.0 Å². The second kappa shape index (κ2) is 2.78. The van der Waals surface area contributed by atoms with Gasteiger partial charge in [-0.05, 0) is 6.07 Å². The lowest BCUT2D eigenvalue weighted by Gasteiger charge is -2.08. The molecule has 0 unspecified atom stereocenters. The highest BCUT2D eigenvalue weighted by Gasteiger charge is 2.34. The number of aromatic nitrogens is 1. The molecule has 1 aromatic rings. The van der Waals surface area contributed by atoms with Gasteiger partial charge in [0.15, 0.2) is 0 Å². The lowest BCUT2D eigenvalue weighted by atomic mass is 10.2. The van der Waals surface area contributed by atoms with Gasteiger partial charge in [-0.3, -0.25) is 0 Å². The smallest absolute Gasteiger partial charge is 0.385 e. The van der Waals surface area contributed by atoms with Crippen LogP contribution in [0.1, 0.15) is 5.56 Å². The SMILES string of the molecule is Nc1[nH]ccc(=S)c1C(F)(F)F. The number of aromatic amines is 1. The summed E-state index contributed by atoms with van der Waals surface area (Å²) in [5, 5.41) is 0. The van der Waals surface area contributed by atoms with Gasteiger partial charge in [-0.2, -0.15) is 13.2 Å². The number of anilines is 1. The van der Waals surface area contributed by atoms with Crippen LogP contribution in [0.15, 0.2) is 12.3 Å². The number of nitrogens with two attached hydrogens (primary N) is 1. The molecular weight excluding hydrogens is 189 g/mol. The molecule has 0 radical (unpaired) electrons. The van der Waals surface area contributed by atoms with Gasteiger partial charge < -0.3 is 10.7 Å². The van der Waals surface area contributed by atoms with Crippen molar-refractivity contribution in [2.75, 3.05) is 5.73 Å². The first kappa shape index (κ1) is 9.05. The summed E-state index contributed by atoms with van der Waals surface area (Å²) >= 11 is 4.47.